The number of nitrogens with zero attached hydrogens (tertiary/aromatic N) is 1. The van der Waals surface area contributed by atoms with E-state index in [0.29, 0.717) is 0 Å². The molecule has 3 atom stereocenters. The van der Waals surface area contributed by atoms with E-state index in [-0.39, 0.29) is 5.82 Å². The van der Waals surface area contributed by atoms with Crippen LogP contribution in [-0.4, -0.2) is 18.2 Å². The van der Waals surface area contributed by atoms with Crippen LogP contribution in [0.5, 0.6) is 0 Å². The van der Waals surface area contributed by atoms with Crippen molar-refractivity contribution in [2.75, 3.05) is 18.0 Å². The molecule has 1 aromatic carbocycles. The van der Waals surface area contributed by atoms with Crippen LogP contribution in [0.2, 0.25) is 0 Å². The normalized spacial score (nSPS) is 28.1. The van der Waals surface area contributed by atoms with E-state index in [9.17, 15) is 9.50 Å². The van der Waals surface area contributed by atoms with Crippen molar-refractivity contribution in [2.24, 2.45) is 11.8 Å². The smallest absolute Gasteiger partial charge is 0.123 e. The SMILES string of the molecule is CC(O)c1cc(F)ccc1N1CCC2CCCCC2C1. The maximum absolute atomic E-state index is 13.4. The number of aliphatic hydroxyl groups excluding tert-OH is 1. The molecule has 1 aliphatic heterocycles. The van der Waals surface area contributed by atoms with Gasteiger partial charge in [-0.25, -0.2) is 4.39 Å². The third kappa shape index (κ3) is 2.69. The molecule has 3 rings (SSSR count). The van der Waals surface area contributed by atoms with Crippen LogP contribution in [0, 0.1) is 17.7 Å². The van der Waals surface area contributed by atoms with Crippen LogP contribution in [-0.2, 0) is 0 Å². The predicted octanol–water partition coefficient (Wildman–Crippen LogP) is 3.90. The van der Waals surface area contributed by atoms with Crippen LogP contribution in [0.1, 0.15) is 50.7 Å². The lowest BCUT2D eigenvalue weighted by atomic mass is 9.75. The molecule has 1 heterocycles. The van der Waals surface area contributed by atoms with Gasteiger partial charge in [0.2, 0.25) is 0 Å². The Morgan fingerprint density at radius 2 is 1.95 bits per heavy atom. The first kappa shape index (κ1) is 13.9. The summed E-state index contributed by atoms with van der Waals surface area (Å²) in [5, 5.41) is 9.90. The lowest BCUT2D eigenvalue weighted by molar-refractivity contribution is 0.193. The zero-order chi connectivity index (χ0) is 14.1. The molecule has 110 valence electrons. The third-order valence-electron chi connectivity index (χ3n) is 5.07. The summed E-state index contributed by atoms with van der Waals surface area (Å²) in [4.78, 5) is 2.36. The average Bonchev–Trinajstić information content (AvgIpc) is 2.46. The van der Waals surface area contributed by atoms with Crippen LogP contribution in [0.15, 0.2) is 18.2 Å². The summed E-state index contributed by atoms with van der Waals surface area (Å²) in [5.41, 5.74) is 1.74. The van der Waals surface area contributed by atoms with Gasteiger partial charge in [-0.15, -0.1) is 0 Å². The van der Waals surface area contributed by atoms with E-state index in [1.807, 2.05) is 6.07 Å². The number of halogens is 1. The first-order valence-electron chi connectivity index (χ1n) is 7.87. The molecular weight excluding hydrogens is 253 g/mol. The molecule has 0 spiro atoms. The first-order chi connectivity index (χ1) is 9.65. The number of aliphatic hydroxyl groups is 1. The van der Waals surface area contributed by atoms with Crippen LogP contribution < -0.4 is 4.90 Å². The second-order valence-corrected chi connectivity index (χ2v) is 6.42. The molecular formula is C17H24FNO. The molecule has 2 nitrogen and oxygen atoms in total. The summed E-state index contributed by atoms with van der Waals surface area (Å²) >= 11 is 0. The highest BCUT2D eigenvalue weighted by Gasteiger charge is 2.32. The molecule has 1 aromatic rings. The van der Waals surface area contributed by atoms with Crippen molar-refractivity contribution in [1.82, 2.24) is 0 Å². The molecule has 3 heteroatoms. The molecule has 3 unspecified atom stereocenters. The van der Waals surface area contributed by atoms with Gasteiger partial charge in [0.05, 0.1) is 6.10 Å². The highest BCUT2D eigenvalue weighted by atomic mass is 19.1. The Balaban J connectivity index is 1.82. The minimum atomic E-state index is -0.621. The van der Waals surface area contributed by atoms with E-state index in [1.165, 1.54) is 44.2 Å². The van der Waals surface area contributed by atoms with E-state index in [4.69, 9.17) is 0 Å². The number of piperidine rings is 1. The molecule has 0 aromatic heterocycles. The van der Waals surface area contributed by atoms with Gasteiger partial charge in [-0.3, -0.25) is 0 Å². The Hall–Kier alpha value is -1.09. The Morgan fingerprint density at radius 1 is 1.20 bits per heavy atom. The van der Waals surface area contributed by atoms with E-state index in [2.05, 4.69) is 4.90 Å². The summed E-state index contributed by atoms with van der Waals surface area (Å²) in [6.07, 6.45) is 6.06. The zero-order valence-corrected chi connectivity index (χ0v) is 12.2. The predicted molar refractivity (Wildman–Crippen MR) is 79.3 cm³/mol. The van der Waals surface area contributed by atoms with Gasteiger partial charge < -0.3 is 10.0 Å². The van der Waals surface area contributed by atoms with E-state index in [1.54, 1.807) is 6.92 Å². The molecule has 1 N–H and O–H groups in total. The van der Waals surface area contributed by atoms with Gasteiger partial charge in [0.1, 0.15) is 5.82 Å². The molecule has 2 fully saturated rings. The van der Waals surface area contributed by atoms with Gasteiger partial charge >= 0.3 is 0 Å². The lowest BCUT2D eigenvalue weighted by Gasteiger charge is -2.43. The first-order valence-corrected chi connectivity index (χ1v) is 7.87. The molecule has 1 aliphatic carbocycles. The molecule has 0 amide bonds. The molecule has 20 heavy (non-hydrogen) atoms. The van der Waals surface area contributed by atoms with Crippen LogP contribution in [0.25, 0.3) is 0 Å². The van der Waals surface area contributed by atoms with Crippen molar-refractivity contribution in [3.05, 3.63) is 29.6 Å². The fourth-order valence-corrected chi connectivity index (χ4v) is 3.97. The van der Waals surface area contributed by atoms with Crippen LogP contribution in [0.3, 0.4) is 0 Å². The van der Waals surface area contributed by atoms with Gasteiger partial charge in [0.15, 0.2) is 0 Å². The monoisotopic (exact) mass is 277 g/mol. The number of benzene rings is 1. The largest absolute Gasteiger partial charge is 0.389 e. The summed E-state index contributed by atoms with van der Waals surface area (Å²) in [6.45, 7) is 3.81. The zero-order valence-electron chi connectivity index (χ0n) is 12.2. The summed E-state index contributed by atoms with van der Waals surface area (Å²) < 4.78 is 13.4. The second-order valence-electron chi connectivity index (χ2n) is 6.42. The van der Waals surface area contributed by atoms with Gasteiger partial charge in [-0.05, 0) is 49.8 Å². The molecule has 0 radical (unpaired) electrons. The fraction of sp³-hybridized carbons (Fsp3) is 0.647. The van der Waals surface area contributed by atoms with E-state index >= 15 is 0 Å². The third-order valence-corrected chi connectivity index (χ3v) is 5.07. The number of rotatable bonds is 2. The van der Waals surface area contributed by atoms with Crippen LogP contribution >= 0.6 is 0 Å². The topological polar surface area (TPSA) is 23.5 Å². The van der Waals surface area contributed by atoms with Crippen LogP contribution in [0.4, 0.5) is 10.1 Å². The standard InChI is InChI=1S/C17H24FNO/c1-12(20)16-10-15(18)6-7-17(16)19-9-8-13-4-2-3-5-14(13)11-19/h6-7,10,12-14,20H,2-5,8-9,11H2,1H3. The summed E-state index contributed by atoms with van der Waals surface area (Å²) in [5.74, 6) is 1.40. The fourth-order valence-electron chi connectivity index (χ4n) is 3.97. The van der Waals surface area contributed by atoms with E-state index in [0.717, 1.165) is 36.2 Å². The lowest BCUT2D eigenvalue weighted by Crippen LogP contribution is -2.42. The van der Waals surface area contributed by atoms with Gasteiger partial charge in [-0.1, -0.05) is 19.3 Å². The maximum Gasteiger partial charge on any atom is 0.123 e. The van der Waals surface area contributed by atoms with Gasteiger partial charge in [0.25, 0.3) is 0 Å². The highest BCUT2D eigenvalue weighted by Crippen LogP contribution is 2.39. The quantitative estimate of drug-likeness (QED) is 0.886. The Kier molecular flexibility index (Phi) is 3.97. The van der Waals surface area contributed by atoms with Crippen molar-refractivity contribution < 1.29 is 9.50 Å². The van der Waals surface area contributed by atoms with Crippen molar-refractivity contribution in [3.8, 4) is 0 Å². The number of hydrogen-bond donors (Lipinski definition) is 1. The van der Waals surface area contributed by atoms with Crippen molar-refractivity contribution in [1.29, 1.82) is 0 Å². The van der Waals surface area contributed by atoms with Crippen molar-refractivity contribution in [3.63, 3.8) is 0 Å². The minimum Gasteiger partial charge on any atom is -0.389 e. The van der Waals surface area contributed by atoms with E-state index < -0.39 is 6.10 Å². The summed E-state index contributed by atoms with van der Waals surface area (Å²) in [7, 11) is 0. The van der Waals surface area contributed by atoms with Gasteiger partial charge in [-0.2, -0.15) is 0 Å². The maximum atomic E-state index is 13.4. The molecule has 1 saturated carbocycles. The van der Waals surface area contributed by atoms with Gasteiger partial charge in [0, 0.05) is 24.3 Å². The number of fused-ring (bicyclic) bond motifs is 1. The Bertz CT molecular complexity index is 474. The molecule has 2 aliphatic rings. The molecule has 0 bridgehead atoms. The summed E-state index contributed by atoms with van der Waals surface area (Å²) in [6, 6.07) is 4.82. The average molecular weight is 277 g/mol. The highest BCUT2D eigenvalue weighted by molar-refractivity contribution is 5.55. The number of hydrogen-bond acceptors (Lipinski definition) is 2. The second kappa shape index (κ2) is 5.72. The van der Waals surface area contributed by atoms with Crippen molar-refractivity contribution in [2.45, 2.75) is 45.1 Å². The van der Waals surface area contributed by atoms with Crippen molar-refractivity contribution >= 4 is 5.69 Å². The number of anilines is 1. The Labute approximate surface area is 120 Å². The Morgan fingerprint density at radius 3 is 2.70 bits per heavy atom. The minimum absolute atomic E-state index is 0.266. The molecule has 1 saturated heterocycles.